The standard InChI is InChI=1S/C22H30N8O4/c1-11(12-3-6-24-7-4-12)27-21(33)18-16(31)17(32)22(34-18)30-9-13(14-5-8-29(2)28-14)15-19(23)25-10-26-20(15)30/h5,8-12,16-18,22,24,31-32H,3-4,6-7H2,1-2H3,(H,27,33)(H2,23,25,26)/t11-,16-,17+,18-,22+/m0/s1. The Kier molecular flexibility index (Phi) is 5.98. The van der Waals surface area contributed by atoms with Crippen molar-refractivity contribution in [1.82, 2.24) is 34.9 Å². The van der Waals surface area contributed by atoms with Crippen LogP contribution in [0.5, 0.6) is 0 Å². The number of hydrogen-bond acceptors (Lipinski definition) is 9. The molecule has 0 unspecified atom stereocenters. The molecule has 0 aromatic carbocycles. The highest BCUT2D eigenvalue weighted by molar-refractivity contribution is 5.99. The highest BCUT2D eigenvalue weighted by atomic mass is 16.6. The molecule has 0 bridgehead atoms. The van der Waals surface area contributed by atoms with E-state index in [1.54, 1.807) is 28.7 Å². The summed E-state index contributed by atoms with van der Waals surface area (Å²) in [5, 5.41) is 32.8. The van der Waals surface area contributed by atoms with Crippen LogP contribution < -0.4 is 16.4 Å². The number of aliphatic hydroxyl groups excluding tert-OH is 2. The molecular weight excluding hydrogens is 440 g/mol. The Morgan fingerprint density at radius 3 is 2.76 bits per heavy atom. The molecule has 5 atom stereocenters. The maximum Gasteiger partial charge on any atom is 0.252 e. The number of nitrogens with two attached hydrogens (primary N) is 1. The number of hydrogen-bond donors (Lipinski definition) is 5. The van der Waals surface area contributed by atoms with E-state index in [0.717, 1.165) is 25.9 Å². The van der Waals surface area contributed by atoms with Crippen molar-refractivity contribution in [2.45, 2.75) is 50.3 Å². The summed E-state index contributed by atoms with van der Waals surface area (Å²) in [6.45, 7) is 3.79. The van der Waals surface area contributed by atoms with E-state index in [1.807, 2.05) is 13.0 Å². The van der Waals surface area contributed by atoms with Crippen LogP contribution in [0.15, 0.2) is 24.8 Å². The third-order valence-corrected chi connectivity index (χ3v) is 6.86. The lowest BCUT2D eigenvalue weighted by atomic mass is 9.91. The molecule has 0 spiro atoms. The van der Waals surface area contributed by atoms with Crippen LogP contribution in [0.25, 0.3) is 22.3 Å². The Labute approximate surface area is 196 Å². The summed E-state index contributed by atoms with van der Waals surface area (Å²) in [6.07, 6.45) is 1.73. The second kappa shape index (κ2) is 8.95. The molecule has 0 saturated carbocycles. The zero-order chi connectivity index (χ0) is 24.0. The average molecular weight is 471 g/mol. The first kappa shape index (κ1) is 22.7. The number of amides is 1. The number of anilines is 1. The van der Waals surface area contributed by atoms with Gasteiger partial charge in [0, 0.05) is 31.0 Å². The maximum atomic E-state index is 13.0. The summed E-state index contributed by atoms with van der Waals surface area (Å²) < 4.78 is 9.17. The van der Waals surface area contributed by atoms with Crippen molar-refractivity contribution in [3.05, 3.63) is 24.8 Å². The van der Waals surface area contributed by atoms with Crippen molar-refractivity contribution in [1.29, 1.82) is 0 Å². The molecule has 0 aliphatic carbocycles. The number of piperidine rings is 1. The molecule has 2 fully saturated rings. The Hall–Kier alpha value is -3.06. The van der Waals surface area contributed by atoms with Crippen molar-refractivity contribution in [3.8, 4) is 11.3 Å². The fourth-order valence-electron chi connectivity index (χ4n) is 4.93. The maximum absolute atomic E-state index is 13.0. The van der Waals surface area contributed by atoms with Gasteiger partial charge < -0.3 is 35.9 Å². The van der Waals surface area contributed by atoms with Gasteiger partial charge in [-0.2, -0.15) is 5.10 Å². The monoisotopic (exact) mass is 470 g/mol. The number of carbonyl (C=O) groups excluding carboxylic acids is 1. The quantitative estimate of drug-likeness (QED) is 0.332. The molecule has 182 valence electrons. The molecular formula is C22H30N8O4. The predicted octanol–water partition coefficient (Wildman–Crippen LogP) is -0.462. The van der Waals surface area contributed by atoms with Crippen molar-refractivity contribution in [2.24, 2.45) is 13.0 Å². The summed E-state index contributed by atoms with van der Waals surface area (Å²) in [7, 11) is 1.80. The van der Waals surface area contributed by atoms with Crippen molar-refractivity contribution in [2.75, 3.05) is 18.8 Å². The summed E-state index contributed by atoms with van der Waals surface area (Å²) in [5.41, 5.74) is 7.87. The molecule has 6 N–H and O–H groups in total. The highest BCUT2D eigenvalue weighted by Crippen LogP contribution is 2.38. The number of nitrogen functional groups attached to an aromatic ring is 1. The lowest BCUT2D eigenvalue weighted by molar-refractivity contribution is -0.138. The molecule has 0 radical (unpaired) electrons. The highest BCUT2D eigenvalue weighted by Gasteiger charge is 2.48. The lowest BCUT2D eigenvalue weighted by Crippen LogP contribution is -2.49. The number of carbonyl (C=O) groups is 1. The predicted molar refractivity (Wildman–Crippen MR) is 123 cm³/mol. The zero-order valence-electron chi connectivity index (χ0n) is 19.1. The fourth-order valence-corrected chi connectivity index (χ4v) is 4.93. The van der Waals surface area contributed by atoms with Crippen LogP contribution in [0.2, 0.25) is 0 Å². The minimum absolute atomic E-state index is 0.0719. The molecule has 5 rings (SSSR count). The number of ether oxygens (including phenoxy) is 1. The van der Waals surface area contributed by atoms with E-state index >= 15 is 0 Å². The van der Waals surface area contributed by atoms with Crippen LogP contribution in [0.4, 0.5) is 5.82 Å². The summed E-state index contributed by atoms with van der Waals surface area (Å²) >= 11 is 0. The van der Waals surface area contributed by atoms with Gasteiger partial charge in [0.1, 0.15) is 30.0 Å². The Bertz CT molecular complexity index is 1190. The summed E-state index contributed by atoms with van der Waals surface area (Å²) in [5.74, 6) is 0.150. The van der Waals surface area contributed by atoms with Gasteiger partial charge in [-0.15, -0.1) is 0 Å². The largest absolute Gasteiger partial charge is 0.387 e. The molecule has 1 amide bonds. The third kappa shape index (κ3) is 3.92. The average Bonchev–Trinajstić information content (AvgIpc) is 3.51. The van der Waals surface area contributed by atoms with Gasteiger partial charge in [0.25, 0.3) is 5.91 Å². The van der Waals surface area contributed by atoms with E-state index < -0.39 is 30.4 Å². The van der Waals surface area contributed by atoms with Gasteiger partial charge in [-0.1, -0.05) is 0 Å². The molecule has 12 nitrogen and oxygen atoms in total. The second-order valence-electron chi connectivity index (χ2n) is 9.10. The first-order valence-corrected chi connectivity index (χ1v) is 11.5. The van der Waals surface area contributed by atoms with Crippen molar-refractivity contribution >= 4 is 22.8 Å². The number of nitrogens with zero attached hydrogens (tertiary/aromatic N) is 5. The number of rotatable bonds is 5. The number of aromatic nitrogens is 5. The van der Waals surface area contributed by atoms with Gasteiger partial charge in [0.15, 0.2) is 12.3 Å². The van der Waals surface area contributed by atoms with Crippen LogP contribution in [0.3, 0.4) is 0 Å². The SMILES string of the molecule is C[C@H](NC(=O)[C@H]1O[C@@H](n2cc(-c3ccn(C)n3)c3c(N)ncnc32)[C@H](O)[C@@H]1O)C1CCNCC1. The lowest BCUT2D eigenvalue weighted by Gasteiger charge is -2.29. The molecule has 12 heteroatoms. The molecule has 5 heterocycles. The molecule has 3 aromatic heterocycles. The topological polar surface area (TPSA) is 165 Å². The zero-order valence-corrected chi connectivity index (χ0v) is 19.1. The van der Waals surface area contributed by atoms with Gasteiger partial charge in [-0.3, -0.25) is 9.48 Å². The van der Waals surface area contributed by atoms with Crippen molar-refractivity contribution < 1.29 is 19.7 Å². The fraction of sp³-hybridized carbons (Fsp3) is 0.545. The van der Waals surface area contributed by atoms with Crippen molar-refractivity contribution in [3.63, 3.8) is 0 Å². The van der Waals surface area contributed by atoms with E-state index in [0.29, 0.717) is 28.2 Å². The molecule has 2 saturated heterocycles. The Balaban J connectivity index is 1.43. The smallest absolute Gasteiger partial charge is 0.252 e. The van der Waals surface area contributed by atoms with Crippen LogP contribution in [-0.4, -0.2) is 77.9 Å². The number of aliphatic hydroxyl groups is 2. The van der Waals surface area contributed by atoms with E-state index in [2.05, 4.69) is 25.7 Å². The van der Waals surface area contributed by atoms with Gasteiger partial charge >= 0.3 is 0 Å². The van der Waals surface area contributed by atoms with Crippen LogP contribution >= 0.6 is 0 Å². The van der Waals surface area contributed by atoms with E-state index in [9.17, 15) is 15.0 Å². The van der Waals surface area contributed by atoms with Gasteiger partial charge in [0.2, 0.25) is 0 Å². The second-order valence-corrected chi connectivity index (χ2v) is 9.10. The minimum atomic E-state index is -1.40. The van der Waals surface area contributed by atoms with Crippen LogP contribution in [0, 0.1) is 5.92 Å². The summed E-state index contributed by atoms with van der Waals surface area (Å²) in [4.78, 5) is 21.4. The van der Waals surface area contributed by atoms with Gasteiger partial charge in [-0.25, -0.2) is 9.97 Å². The molecule has 3 aromatic rings. The van der Waals surface area contributed by atoms with E-state index in [-0.39, 0.29) is 11.9 Å². The normalized spacial score (nSPS) is 26.7. The Morgan fingerprint density at radius 1 is 1.29 bits per heavy atom. The van der Waals surface area contributed by atoms with Gasteiger partial charge in [0.05, 0.1) is 11.1 Å². The molecule has 2 aliphatic heterocycles. The molecule has 2 aliphatic rings. The molecule has 34 heavy (non-hydrogen) atoms. The summed E-state index contributed by atoms with van der Waals surface area (Å²) in [6, 6.07) is 1.75. The number of fused-ring (bicyclic) bond motifs is 1. The Morgan fingerprint density at radius 2 is 2.06 bits per heavy atom. The van der Waals surface area contributed by atoms with E-state index in [4.69, 9.17) is 10.5 Å². The number of nitrogens with one attached hydrogen (secondary N) is 2. The first-order chi connectivity index (χ1) is 16.3. The third-order valence-electron chi connectivity index (χ3n) is 6.86. The van der Waals surface area contributed by atoms with E-state index in [1.165, 1.54) is 6.33 Å². The van der Waals surface area contributed by atoms with Gasteiger partial charge in [-0.05, 0) is 44.8 Å². The number of aryl methyl sites for hydroxylation is 1. The minimum Gasteiger partial charge on any atom is -0.387 e. The first-order valence-electron chi connectivity index (χ1n) is 11.5. The van der Waals surface area contributed by atoms with Crippen LogP contribution in [-0.2, 0) is 16.6 Å². The van der Waals surface area contributed by atoms with Crippen LogP contribution in [0.1, 0.15) is 26.0 Å².